The molecule has 2 heterocycles. The summed E-state index contributed by atoms with van der Waals surface area (Å²) < 4.78 is 0.580. The molecule has 6 nitrogen and oxygen atoms in total. The Morgan fingerprint density at radius 1 is 1.50 bits per heavy atom. The van der Waals surface area contributed by atoms with E-state index in [2.05, 4.69) is 30.9 Å². The summed E-state index contributed by atoms with van der Waals surface area (Å²) in [5.41, 5.74) is 0.996. The summed E-state index contributed by atoms with van der Waals surface area (Å²) in [5, 5.41) is 11.9. The molecule has 0 saturated heterocycles. The first kappa shape index (κ1) is 13.0. The van der Waals surface area contributed by atoms with Gasteiger partial charge in [-0.1, -0.05) is 6.92 Å². The normalized spacial score (nSPS) is 10.6. The van der Waals surface area contributed by atoms with E-state index < -0.39 is 4.92 Å². The minimum absolute atomic E-state index is 0.0417. The average molecular weight is 329 g/mol. The Morgan fingerprint density at radius 2 is 2.28 bits per heavy atom. The highest BCUT2D eigenvalue weighted by Crippen LogP contribution is 2.31. The number of aromatic nitrogens is 3. The highest BCUT2D eigenvalue weighted by Gasteiger charge is 2.12. The SMILES string of the molecule is CCc1cnc(Sc2ncc([N+](=O)[O-])cc2Br)[nH]1. The minimum atomic E-state index is -0.478. The Hall–Kier alpha value is -1.41. The van der Waals surface area contributed by atoms with Crippen molar-refractivity contribution in [2.24, 2.45) is 0 Å². The maximum atomic E-state index is 10.6. The van der Waals surface area contributed by atoms with E-state index in [1.54, 1.807) is 6.20 Å². The third-order valence-corrected chi connectivity index (χ3v) is 3.97. The number of aryl methyl sites for hydroxylation is 1. The largest absolute Gasteiger partial charge is 0.337 e. The van der Waals surface area contributed by atoms with Crippen molar-refractivity contribution >= 4 is 33.4 Å². The van der Waals surface area contributed by atoms with Gasteiger partial charge in [-0.3, -0.25) is 10.1 Å². The number of hydrogen-bond donors (Lipinski definition) is 1. The number of nitro groups is 1. The number of H-pyrrole nitrogens is 1. The molecule has 1 N–H and O–H groups in total. The van der Waals surface area contributed by atoms with Gasteiger partial charge >= 0.3 is 0 Å². The second-order valence-electron chi connectivity index (χ2n) is 3.41. The van der Waals surface area contributed by atoms with Crippen molar-refractivity contribution < 1.29 is 4.92 Å². The second kappa shape index (κ2) is 5.49. The molecule has 0 saturated carbocycles. The fourth-order valence-corrected chi connectivity index (χ4v) is 2.56. The zero-order valence-electron chi connectivity index (χ0n) is 9.38. The molecule has 2 aromatic heterocycles. The van der Waals surface area contributed by atoms with Crippen molar-refractivity contribution in [1.29, 1.82) is 0 Å². The molecule has 2 rings (SSSR count). The Morgan fingerprint density at radius 3 is 2.83 bits per heavy atom. The lowest BCUT2D eigenvalue weighted by molar-refractivity contribution is -0.385. The number of nitrogens with zero attached hydrogens (tertiary/aromatic N) is 3. The number of aromatic amines is 1. The molecule has 0 amide bonds. The molecule has 2 aromatic rings. The highest BCUT2D eigenvalue weighted by atomic mass is 79.9. The van der Waals surface area contributed by atoms with E-state index in [4.69, 9.17) is 0 Å². The van der Waals surface area contributed by atoms with Crippen molar-refractivity contribution in [2.45, 2.75) is 23.5 Å². The zero-order chi connectivity index (χ0) is 13.1. The fraction of sp³-hybridized carbons (Fsp3) is 0.200. The number of halogens is 1. The van der Waals surface area contributed by atoms with Crippen LogP contribution < -0.4 is 0 Å². The van der Waals surface area contributed by atoms with Gasteiger partial charge in [-0.2, -0.15) is 0 Å². The van der Waals surface area contributed by atoms with E-state index >= 15 is 0 Å². The molecule has 94 valence electrons. The van der Waals surface area contributed by atoms with Gasteiger partial charge in [-0.25, -0.2) is 9.97 Å². The Labute approximate surface area is 116 Å². The molecule has 0 fully saturated rings. The molecule has 8 heteroatoms. The fourth-order valence-electron chi connectivity index (χ4n) is 1.25. The molecule has 0 spiro atoms. The van der Waals surface area contributed by atoms with Gasteiger partial charge in [0.2, 0.25) is 0 Å². The molecule has 0 aliphatic heterocycles. The summed E-state index contributed by atoms with van der Waals surface area (Å²) in [6.07, 6.45) is 3.88. The zero-order valence-corrected chi connectivity index (χ0v) is 11.8. The quantitative estimate of drug-likeness (QED) is 0.688. The lowest BCUT2D eigenvalue weighted by Gasteiger charge is -2.00. The number of imidazole rings is 1. The predicted molar refractivity (Wildman–Crippen MR) is 70.7 cm³/mol. The van der Waals surface area contributed by atoms with Gasteiger partial charge < -0.3 is 4.98 Å². The van der Waals surface area contributed by atoms with Gasteiger partial charge in [0.05, 0.1) is 9.40 Å². The van der Waals surface area contributed by atoms with Gasteiger partial charge in [0, 0.05) is 18.0 Å². The number of rotatable bonds is 4. The van der Waals surface area contributed by atoms with E-state index in [0.29, 0.717) is 14.7 Å². The van der Waals surface area contributed by atoms with Crippen LogP contribution >= 0.6 is 27.7 Å². The second-order valence-corrected chi connectivity index (χ2v) is 5.24. The van der Waals surface area contributed by atoms with Crippen LogP contribution in [0.4, 0.5) is 5.69 Å². The number of pyridine rings is 1. The monoisotopic (exact) mass is 328 g/mol. The molecule has 0 bridgehead atoms. The first-order chi connectivity index (χ1) is 8.60. The van der Waals surface area contributed by atoms with Gasteiger partial charge in [0.25, 0.3) is 5.69 Å². The molecule has 0 radical (unpaired) electrons. The minimum Gasteiger partial charge on any atom is -0.337 e. The summed E-state index contributed by atoms with van der Waals surface area (Å²) in [4.78, 5) is 21.5. The summed E-state index contributed by atoms with van der Waals surface area (Å²) in [7, 11) is 0. The third-order valence-electron chi connectivity index (χ3n) is 2.18. The Bertz CT molecular complexity index is 587. The highest BCUT2D eigenvalue weighted by molar-refractivity contribution is 9.10. The van der Waals surface area contributed by atoms with Crippen molar-refractivity contribution in [3.63, 3.8) is 0 Å². The standard InChI is InChI=1S/C10H9BrN4O2S/c1-2-6-4-13-10(14-6)18-9-8(11)3-7(5-12-9)15(16)17/h3-5H,2H2,1H3,(H,13,14). The van der Waals surface area contributed by atoms with Crippen LogP contribution in [-0.4, -0.2) is 19.9 Å². The van der Waals surface area contributed by atoms with Crippen molar-refractivity contribution in [1.82, 2.24) is 15.0 Å². The first-order valence-electron chi connectivity index (χ1n) is 5.11. The van der Waals surface area contributed by atoms with Crippen LogP contribution in [0.15, 0.2) is 33.1 Å². The van der Waals surface area contributed by atoms with Crippen molar-refractivity contribution in [3.8, 4) is 0 Å². The average Bonchev–Trinajstić information content (AvgIpc) is 2.79. The third kappa shape index (κ3) is 2.88. The van der Waals surface area contributed by atoms with Gasteiger partial charge in [-0.15, -0.1) is 0 Å². The van der Waals surface area contributed by atoms with Crippen LogP contribution in [-0.2, 0) is 6.42 Å². The molecule has 0 atom stereocenters. The maximum Gasteiger partial charge on any atom is 0.288 e. The topological polar surface area (TPSA) is 84.7 Å². The van der Waals surface area contributed by atoms with Crippen LogP contribution in [0.25, 0.3) is 0 Å². The summed E-state index contributed by atoms with van der Waals surface area (Å²) in [6.45, 7) is 2.03. The van der Waals surface area contributed by atoms with Gasteiger partial charge in [-0.05, 0) is 34.1 Å². The first-order valence-corrected chi connectivity index (χ1v) is 6.72. The lowest BCUT2D eigenvalue weighted by atomic mass is 10.4. The summed E-state index contributed by atoms with van der Waals surface area (Å²) in [6, 6.07) is 1.43. The molecule has 0 aromatic carbocycles. The van der Waals surface area contributed by atoms with Crippen LogP contribution in [0.5, 0.6) is 0 Å². The van der Waals surface area contributed by atoms with Crippen LogP contribution in [0, 0.1) is 10.1 Å². The predicted octanol–water partition coefficient (Wildman–Crippen LogP) is 3.19. The molecular formula is C10H9BrN4O2S. The van der Waals surface area contributed by atoms with Crippen molar-refractivity contribution in [2.75, 3.05) is 0 Å². The Balaban J connectivity index is 2.21. The van der Waals surface area contributed by atoms with Gasteiger partial charge in [0.15, 0.2) is 5.16 Å². The van der Waals surface area contributed by atoms with Gasteiger partial charge in [0.1, 0.15) is 11.2 Å². The number of nitrogens with one attached hydrogen (secondary N) is 1. The molecule has 0 aliphatic rings. The van der Waals surface area contributed by atoms with Crippen LogP contribution in [0.3, 0.4) is 0 Å². The van der Waals surface area contributed by atoms with E-state index in [1.807, 2.05) is 6.92 Å². The summed E-state index contributed by atoms with van der Waals surface area (Å²) >= 11 is 4.59. The Kier molecular flexibility index (Phi) is 3.97. The summed E-state index contributed by atoms with van der Waals surface area (Å²) in [5.74, 6) is 0. The number of hydrogen-bond acceptors (Lipinski definition) is 5. The molecule has 0 unspecified atom stereocenters. The van der Waals surface area contributed by atoms with E-state index in [1.165, 1.54) is 24.0 Å². The van der Waals surface area contributed by atoms with E-state index in [0.717, 1.165) is 12.1 Å². The molecule has 18 heavy (non-hydrogen) atoms. The lowest BCUT2D eigenvalue weighted by Crippen LogP contribution is -1.91. The maximum absolute atomic E-state index is 10.6. The van der Waals surface area contributed by atoms with Crippen molar-refractivity contribution in [3.05, 3.63) is 38.7 Å². The molecular weight excluding hydrogens is 320 g/mol. The smallest absolute Gasteiger partial charge is 0.288 e. The van der Waals surface area contributed by atoms with Crippen LogP contribution in [0.1, 0.15) is 12.6 Å². The van der Waals surface area contributed by atoms with E-state index in [-0.39, 0.29) is 5.69 Å². The van der Waals surface area contributed by atoms with Crippen LogP contribution in [0.2, 0.25) is 0 Å². The van der Waals surface area contributed by atoms with E-state index in [9.17, 15) is 10.1 Å². The molecule has 0 aliphatic carbocycles.